The molecule has 1 aliphatic heterocycles. The SMILES string of the molecule is COCCOC(=O)C1=C(C)N=C2C[C@@H](c3ccc(Cl)cc3)CC(=O)C2[C@H]1c1ccc(C)cc1. The second kappa shape index (κ2) is 10.0. The van der Waals surface area contributed by atoms with Crippen LogP contribution in [0.5, 0.6) is 0 Å². The van der Waals surface area contributed by atoms with Crippen LogP contribution >= 0.6 is 11.6 Å². The number of ketones is 1. The van der Waals surface area contributed by atoms with Gasteiger partial charge in [0, 0.05) is 35.9 Å². The van der Waals surface area contributed by atoms with Crippen LogP contribution in [0.3, 0.4) is 0 Å². The van der Waals surface area contributed by atoms with Gasteiger partial charge in [-0.15, -0.1) is 0 Å². The van der Waals surface area contributed by atoms with Crippen LogP contribution in [-0.4, -0.2) is 37.8 Å². The Kier molecular flexibility index (Phi) is 7.11. The van der Waals surface area contributed by atoms with Gasteiger partial charge in [0.05, 0.1) is 18.1 Å². The van der Waals surface area contributed by atoms with Crippen molar-refractivity contribution in [3.05, 3.63) is 81.5 Å². The van der Waals surface area contributed by atoms with E-state index in [0.29, 0.717) is 35.7 Å². The molecule has 3 atom stereocenters. The number of allylic oxidation sites excluding steroid dienone is 1. The fraction of sp³-hybridized carbons (Fsp3) is 0.370. The minimum Gasteiger partial charge on any atom is -0.460 e. The van der Waals surface area contributed by atoms with E-state index in [-0.39, 0.29) is 18.3 Å². The van der Waals surface area contributed by atoms with Gasteiger partial charge in [0.1, 0.15) is 12.4 Å². The monoisotopic (exact) mass is 465 g/mol. The van der Waals surface area contributed by atoms with Gasteiger partial charge < -0.3 is 9.47 Å². The number of hydrogen-bond donors (Lipinski definition) is 0. The first-order valence-corrected chi connectivity index (χ1v) is 11.6. The molecule has 0 bridgehead atoms. The third kappa shape index (κ3) is 4.94. The van der Waals surface area contributed by atoms with E-state index in [4.69, 9.17) is 26.1 Å². The summed E-state index contributed by atoms with van der Waals surface area (Å²) < 4.78 is 10.5. The normalized spacial score (nSPS) is 22.6. The summed E-state index contributed by atoms with van der Waals surface area (Å²) in [6.07, 6.45) is 1.07. The second-order valence-corrected chi connectivity index (χ2v) is 9.16. The summed E-state index contributed by atoms with van der Waals surface area (Å²) >= 11 is 6.05. The molecule has 6 heteroatoms. The van der Waals surface area contributed by atoms with E-state index < -0.39 is 17.8 Å². The molecule has 0 saturated heterocycles. The molecule has 0 spiro atoms. The molecule has 0 aromatic heterocycles. The van der Waals surface area contributed by atoms with Gasteiger partial charge >= 0.3 is 5.97 Å². The standard InChI is InChI=1S/C27H28ClNO4/c1-16-4-6-19(7-5-16)25-24(27(31)33-13-12-32-3)17(2)29-22-14-20(15-23(30)26(22)25)18-8-10-21(28)11-9-18/h4-11,20,25-26H,12-15H2,1-3H3/t20-,25+,26?/m1/s1. The van der Waals surface area contributed by atoms with Crippen molar-refractivity contribution in [2.45, 2.75) is 38.5 Å². The quantitative estimate of drug-likeness (QED) is 0.422. The van der Waals surface area contributed by atoms with Crippen LogP contribution in [0.4, 0.5) is 0 Å². The molecule has 1 aliphatic carbocycles. The van der Waals surface area contributed by atoms with Crippen LogP contribution < -0.4 is 0 Å². The number of rotatable bonds is 6. The number of ether oxygens (including phenoxy) is 2. The van der Waals surface area contributed by atoms with Gasteiger partial charge in [0.25, 0.3) is 0 Å². The lowest BCUT2D eigenvalue weighted by Crippen LogP contribution is -2.41. The van der Waals surface area contributed by atoms with Gasteiger partial charge in [0.15, 0.2) is 0 Å². The van der Waals surface area contributed by atoms with Crippen LogP contribution in [0.25, 0.3) is 0 Å². The number of benzene rings is 2. The largest absolute Gasteiger partial charge is 0.460 e. The molecule has 1 saturated carbocycles. The molecule has 2 aliphatic rings. The fourth-order valence-corrected chi connectivity index (χ4v) is 4.97. The number of aliphatic imine (C=N–C) groups is 1. The van der Waals surface area contributed by atoms with Crippen molar-refractivity contribution in [2.24, 2.45) is 10.9 Å². The summed E-state index contributed by atoms with van der Waals surface area (Å²) in [4.78, 5) is 31.5. The average Bonchev–Trinajstić information content (AvgIpc) is 2.79. The number of methoxy groups -OCH3 is 1. The Bertz CT molecular complexity index is 1100. The Hall–Kier alpha value is -2.76. The van der Waals surface area contributed by atoms with Crippen LogP contribution in [0.2, 0.25) is 5.02 Å². The maximum absolute atomic E-state index is 13.6. The number of nitrogens with zero attached hydrogens (tertiary/aromatic N) is 1. The Morgan fingerprint density at radius 1 is 0.970 bits per heavy atom. The molecule has 4 rings (SSSR count). The van der Waals surface area contributed by atoms with Crippen LogP contribution in [0, 0.1) is 12.8 Å². The molecule has 2 aromatic rings. The molecular formula is C27H28ClNO4. The zero-order valence-corrected chi connectivity index (χ0v) is 19.9. The number of carbonyl (C=O) groups excluding carboxylic acids is 2. The molecule has 5 nitrogen and oxygen atoms in total. The highest BCUT2D eigenvalue weighted by atomic mass is 35.5. The smallest absolute Gasteiger partial charge is 0.336 e. The Morgan fingerprint density at radius 2 is 1.64 bits per heavy atom. The van der Waals surface area contributed by atoms with E-state index in [1.54, 1.807) is 7.11 Å². The molecule has 33 heavy (non-hydrogen) atoms. The van der Waals surface area contributed by atoms with Crippen LogP contribution in [0.15, 0.2) is 64.8 Å². The maximum atomic E-state index is 13.6. The Labute approximate surface area is 199 Å². The first kappa shape index (κ1) is 23.4. The van der Waals surface area contributed by atoms with E-state index in [2.05, 4.69) is 0 Å². The lowest BCUT2D eigenvalue weighted by Gasteiger charge is -2.38. The van der Waals surface area contributed by atoms with Crippen molar-refractivity contribution < 1.29 is 19.1 Å². The minimum absolute atomic E-state index is 0.0476. The highest BCUT2D eigenvalue weighted by molar-refractivity contribution is 6.30. The molecule has 0 amide bonds. The van der Waals surface area contributed by atoms with Crippen LogP contribution in [0.1, 0.15) is 48.3 Å². The highest BCUT2D eigenvalue weighted by Crippen LogP contribution is 2.46. The lowest BCUT2D eigenvalue weighted by molar-refractivity contribution is -0.140. The number of Topliss-reactive ketones (excluding diaryl/α,β-unsaturated/α-hetero) is 1. The molecule has 172 valence electrons. The van der Waals surface area contributed by atoms with Crippen molar-refractivity contribution >= 4 is 29.1 Å². The van der Waals surface area contributed by atoms with Crippen molar-refractivity contribution in [2.75, 3.05) is 20.3 Å². The molecule has 0 radical (unpaired) electrons. The molecule has 1 heterocycles. The topological polar surface area (TPSA) is 65.0 Å². The summed E-state index contributed by atoms with van der Waals surface area (Å²) in [7, 11) is 1.56. The van der Waals surface area contributed by atoms with Gasteiger partial charge in [-0.2, -0.15) is 0 Å². The summed E-state index contributed by atoms with van der Waals surface area (Å²) in [6, 6.07) is 15.7. The van der Waals surface area contributed by atoms with E-state index in [1.165, 1.54) is 0 Å². The molecule has 0 N–H and O–H groups in total. The van der Waals surface area contributed by atoms with Gasteiger partial charge in [-0.1, -0.05) is 53.6 Å². The fourth-order valence-electron chi connectivity index (χ4n) is 4.84. The second-order valence-electron chi connectivity index (χ2n) is 8.72. The average molecular weight is 466 g/mol. The number of hydrogen-bond acceptors (Lipinski definition) is 5. The molecule has 1 fully saturated rings. The van der Waals surface area contributed by atoms with Gasteiger partial charge in [0.2, 0.25) is 0 Å². The maximum Gasteiger partial charge on any atom is 0.336 e. The summed E-state index contributed by atoms with van der Waals surface area (Å²) in [5.41, 5.74) is 5.02. The predicted octanol–water partition coefficient (Wildman–Crippen LogP) is 5.41. The summed E-state index contributed by atoms with van der Waals surface area (Å²) in [6.45, 7) is 4.31. The first-order valence-electron chi connectivity index (χ1n) is 11.2. The highest BCUT2D eigenvalue weighted by Gasteiger charge is 2.46. The molecular weight excluding hydrogens is 438 g/mol. The summed E-state index contributed by atoms with van der Waals surface area (Å²) in [5.74, 6) is -1.17. The predicted molar refractivity (Wildman–Crippen MR) is 129 cm³/mol. The Balaban J connectivity index is 1.73. The lowest BCUT2D eigenvalue weighted by atomic mass is 9.66. The van der Waals surface area contributed by atoms with Crippen LogP contribution in [-0.2, 0) is 19.1 Å². The molecule has 1 unspecified atom stereocenters. The number of carbonyl (C=O) groups is 2. The van der Waals surface area contributed by atoms with E-state index in [1.807, 2.05) is 62.4 Å². The third-order valence-electron chi connectivity index (χ3n) is 6.47. The zero-order chi connectivity index (χ0) is 23.5. The zero-order valence-electron chi connectivity index (χ0n) is 19.1. The van der Waals surface area contributed by atoms with E-state index in [0.717, 1.165) is 22.4 Å². The van der Waals surface area contributed by atoms with Crippen molar-refractivity contribution in [3.63, 3.8) is 0 Å². The van der Waals surface area contributed by atoms with Crippen molar-refractivity contribution in [1.29, 1.82) is 0 Å². The van der Waals surface area contributed by atoms with E-state index >= 15 is 0 Å². The van der Waals surface area contributed by atoms with Gasteiger partial charge in [-0.3, -0.25) is 9.79 Å². The van der Waals surface area contributed by atoms with Crippen molar-refractivity contribution in [3.8, 4) is 0 Å². The minimum atomic E-state index is -0.468. The van der Waals surface area contributed by atoms with Crippen molar-refractivity contribution in [1.82, 2.24) is 0 Å². The van der Waals surface area contributed by atoms with E-state index in [9.17, 15) is 9.59 Å². The summed E-state index contributed by atoms with van der Waals surface area (Å²) in [5, 5.41) is 0.670. The third-order valence-corrected chi connectivity index (χ3v) is 6.72. The van der Waals surface area contributed by atoms with Gasteiger partial charge in [-0.05, 0) is 49.4 Å². The Morgan fingerprint density at radius 3 is 2.30 bits per heavy atom. The number of esters is 1. The van der Waals surface area contributed by atoms with Gasteiger partial charge in [-0.25, -0.2) is 4.79 Å². The number of aryl methyl sites for hydroxylation is 1. The number of halogens is 1. The molecule has 2 aromatic carbocycles. The first-order chi connectivity index (χ1) is 15.9. The number of fused-ring (bicyclic) bond motifs is 1.